The summed E-state index contributed by atoms with van der Waals surface area (Å²) in [5.74, 6) is 1.92. The summed E-state index contributed by atoms with van der Waals surface area (Å²) in [5, 5.41) is 3.50. The Hall–Kier alpha value is -1.61. The topological polar surface area (TPSA) is 38.1 Å². The zero-order valence-corrected chi connectivity index (χ0v) is 10.5. The van der Waals surface area contributed by atoms with E-state index in [0.29, 0.717) is 0 Å². The van der Waals surface area contributed by atoms with E-state index in [-0.39, 0.29) is 12.1 Å². The zero-order valence-electron chi connectivity index (χ0n) is 10.5. The molecule has 2 atom stereocenters. The fraction of sp³-hybridized carbons (Fsp3) is 0.357. The van der Waals surface area contributed by atoms with E-state index in [2.05, 4.69) is 24.1 Å². The van der Waals surface area contributed by atoms with Gasteiger partial charge in [-0.15, -0.1) is 0 Å². The van der Waals surface area contributed by atoms with Crippen LogP contribution in [0.5, 0.6) is 0 Å². The Bertz CT molecular complexity index is 464. The van der Waals surface area contributed by atoms with Crippen LogP contribution >= 0.6 is 0 Å². The molecule has 0 saturated carbocycles. The largest absolute Gasteiger partial charge is 0.465 e. The summed E-state index contributed by atoms with van der Waals surface area (Å²) in [6, 6.07) is 8.54. The second-order valence-corrected chi connectivity index (χ2v) is 4.34. The van der Waals surface area contributed by atoms with Crippen LogP contribution in [-0.4, -0.2) is 4.98 Å². The first-order valence-corrected chi connectivity index (χ1v) is 5.89. The SMILES string of the molecule is Cc1ccc(C(C)N[C@@H](C)c2ccncc2)o1. The quantitative estimate of drug-likeness (QED) is 0.874. The van der Waals surface area contributed by atoms with E-state index in [0.717, 1.165) is 11.5 Å². The second kappa shape index (κ2) is 5.15. The van der Waals surface area contributed by atoms with Crippen LogP contribution in [0.2, 0.25) is 0 Å². The Kier molecular flexibility index (Phi) is 3.59. The van der Waals surface area contributed by atoms with Gasteiger partial charge < -0.3 is 9.73 Å². The predicted octanol–water partition coefficient (Wildman–Crippen LogP) is 3.39. The molecule has 0 aliphatic heterocycles. The first-order valence-electron chi connectivity index (χ1n) is 5.89. The molecule has 0 radical (unpaired) electrons. The molecular formula is C14H18N2O. The number of furan rings is 1. The molecule has 1 unspecified atom stereocenters. The van der Waals surface area contributed by atoms with Crippen LogP contribution in [0.4, 0.5) is 0 Å². The van der Waals surface area contributed by atoms with Gasteiger partial charge in [0.25, 0.3) is 0 Å². The van der Waals surface area contributed by atoms with E-state index in [9.17, 15) is 0 Å². The lowest BCUT2D eigenvalue weighted by Crippen LogP contribution is -2.22. The second-order valence-electron chi connectivity index (χ2n) is 4.34. The first-order chi connectivity index (χ1) is 8.16. The number of rotatable bonds is 4. The number of pyridine rings is 1. The van der Waals surface area contributed by atoms with Crippen LogP contribution in [0.3, 0.4) is 0 Å². The molecule has 0 bridgehead atoms. The molecule has 0 aliphatic rings. The number of hydrogen-bond donors (Lipinski definition) is 1. The van der Waals surface area contributed by atoms with Crippen molar-refractivity contribution >= 4 is 0 Å². The number of aryl methyl sites for hydroxylation is 1. The van der Waals surface area contributed by atoms with Gasteiger partial charge in [-0.1, -0.05) is 0 Å². The Morgan fingerprint density at radius 3 is 2.35 bits per heavy atom. The third-order valence-corrected chi connectivity index (χ3v) is 2.89. The Balaban J connectivity index is 2.02. The summed E-state index contributed by atoms with van der Waals surface area (Å²) in [5.41, 5.74) is 1.23. The molecule has 2 heterocycles. The van der Waals surface area contributed by atoms with Gasteiger partial charge in [-0.25, -0.2) is 0 Å². The molecule has 2 rings (SSSR count). The van der Waals surface area contributed by atoms with Crippen molar-refractivity contribution in [3.63, 3.8) is 0 Å². The Labute approximate surface area is 102 Å². The summed E-state index contributed by atoms with van der Waals surface area (Å²) < 4.78 is 5.61. The number of hydrogen-bond acceptors (Lipinski definition) is 3. The van der Waals surface area contributed by atoms with Gasteiger partial charge in [0, 0.05) is 18.4 Å². The fourth-order valence-electron chi connectivity index (χ4n) is 1.89. The standard InChI is InChI=1S/C14H18N2O/c1-10-4-5-14(17-10)12(3)16-11(2)13-6-8-15-9-7-13/h4-9,11-12,16H,1-3H3/t11-,12?/m0/s1. The molecule has 0 aromatic carbocycles. The van der Waals surface area contributed by atoms with E-state index < -0.39 is 0 Å². The number of nitrogens with zero attached hydrogens (tertiary/aromatic N) is 1. The van der Waals surface area contributed by atoms with Crippen molar-refractivity contribution in [2.24, 2.45) is 0 Å². The highest BCUT2D eigenvalue weighted by Gasteiger charge is 2.13. The Morgan fingerprint density at radius 2 is 1.76 bits per heavy atom. The Morgan fingerprint density at radius 1 is 1.06 bits per heavy atom. The highest BCUT2D eigenvalue weighted by atomic mass is 16.3. The van der Waals surface area contributed by atoms with E-state index in [1.54, 1.807) is 0 Å². The van der Waals surface area contributed by atoms with Gasteiger partial charge >= 0.3 is 0 Å². The lowest BCUT2D eigenvalue weighted by molar-refractivity contribution is 0.392. The van der Waals surface area contributed by atoms with E-state index in [1.165, 1.54) is 5.56 Å². The molecular weight excluding hydrogens is 212 g/mol. The molecule has 2 aromatic heterocycles. The molecule has 90 valence electrons. The molecule has 0 aliphatic carbocycles. The first kappa shape index (κ1) is 11.9. The maximum Gasteiger partial charge on any atom is 0.120 e. The van der Waals surface area contributed by atoms with Gasteiger partial charge in [-0.2, -0.15) is 0 Å². The summed E-state index contributed by atoms with van der Waals surface area (Å²) in [7, 11) is 0. The van der Waals surface area contributed by atoms with Crippen molar-refractivity contribution in [3.8, 4) is 0 Å². The van der Waals surface area contributed by atoms with Gasteiger partial charge in [0.1, 0.15) is 11.5 Å². The van der Waals surface area contributed by atoms with Gasteiger partial charge in [-0.05, 0) is 50.6 Å². The molecule has 1 N–H and O–H groups in total. The van der Waals surface area contributed by atoms with Gasteiger partial charge in [-0.3, -0.25) is 4.98 Å². The van der Waals surface area contributed by atoms with Crippen molar-refractivity contribution in [3.05, 3.63) is 53.7 Å². The summed E-state index contributed by atoms with van der Waals surface area (Å²) in [6.45, 7) is 6.21. The maximum atomic E-state index is 5.61. The molecule has 0 fully saturated rings. The maximum absolute atomic E-state index is 5.61. The molecule has 0 spiro atoms. The number of nitrogens with one attached hydrogen (secondary N) is 1. The van der Waals surface area contributed by atoms with E-state index >= 15 is 0 Å². The van der Waals surface area contributed by atoms with Crippen LogP contribution in [0.25, 0.3) is 0 Å². The predicted molar refractivity (Wildman–Crippen MR) is 67.6 cm³/mol. The van der Waals surface area contributed by atoms with Crippen molar-refractivity contribution in [2.75, 3.05) is 0 Å². The lowest BCUT2D eigenvalue weighted by atomic mass is 10.1. The van der Waals surface area contributed by atoms with Crippen molar-refractivity contribution in [1.82, 2.24) is 10.3 Å². The van der Waals surface area contributed by atoms with Crippen LogP contribution in [0.1, 0.15) is 43.0 Å². The van der Waals surface area contributed by atoms with Crippen LogP contribution in [-0.2, 0) is 0 Å². The van der Waals surface area contributed by atoms with E-state index in [1.807, 2.05) is 43.6 Å². The minimum atomic E-state index is 0.201. The monoisotopic (exact) mass is 230 g/mol. The van der Waals surface area contributed by atoms with Crippen molar-refractivity contribution in [1.29, 1.82) is 0 Å². The average molecular weight is 230 g/mol. The van der Waals surface area contributed by atoms with Crippen LogP contribution in [0, 0.1) is 6.92 Å². The minimum Gasteiger partial charge on any atom is -0.465 e. The fourth-order valence-corrected chi connectivity index (χ4v) is 1.89. The van der Waals surface area contributed by atoms with Crippen molar-refractivity contribution in [2.45, 2.75) is 32.9 Å². The van der Waals surface area contributed by atoms with Crippen LogP contribution in [0.15, 0.2) is 41.1 Å². The van der Waals surface area contributed by atoms with Crippen molar-refractivity contribution < 1.29 is 4.42 Å². The van der Waals surface area contributed by atoms with Gasteiger partial charge in [0.2, 0.25) is 0 Å². The molecule has 2 aromatic rings. The van der Waals surface area contributed by atoms with Gasteiger partial charge in [0.05, 0.1) is 6.04 Å². The average Bonchev–Trinajstić information content (AvgIpc) is 2.77. The third-order valence-electron chi connectivity index (χ3n) is 2.89. The smallest absolute Gasteiger partial charge is 0.120 e. The molecule has 3 nitrogen and oxygen atoms in total. The lowest BCUT2D eigenvalue weighted by Gasteiger charge is -2.18. The third kappa shape index (κ3) is 2.94. The zero-order chi connectivity index (χ0) is 12.3. The summed E-state index contributed by atoms with van der Waals surface area (Å²) in [4.78, 5) is 4.02. The molecule has 17 heavy (non-hydrogen) atoms. The highest BCUT2D eigenvalue weighted by molar-refractivity contribution is 5.15. The van der Waals surface area contributed by atoms with E-state index in [4.69, 9.17) is 4.42 Å². The summed E-state index contributed by atoms with van der Waals surface area (Å²) in [6.07, 6.45) is 3.63. The van der Waals surface area contributed by atoms with Crippen LogP contribution < -0.4 is 5.32 Å². The molecule has 0 amide bonds. The molecule has 0 saturated heterocycles. The minimum absolute atomic E-state index is 0.201. The normalized spacial score (nSPS) is 14.5. The summed E-state index contributed by atoms with van der Waals surface area (Å²) >= 11 is 0. The highest BCUT2D eigenvalue weighted by Crippen LogP contribution is 2.20. The number of aromatic nitrogens is 1. The van der Waals surface area contributed by atoms with Gasteiger partial charge in [0.15, 0.2) is 0 Å². The molecule has 3 heteroatoms.